The van der Waals surface area contributed by atoms with Crippen molar-refractivity contribution in [2.24, 2.45) is 0 Å². The highest BCUT2D eigenvalue weighted by atomic mass is 32.2. The summed E-state index contributed by atoms with van der Waals surface area (Å²) in [5, 5.41) is 23.0. The van der Waals surface area contributed by atoms with Crippen molar-refractivity contribution in [1.29, 1.82) is 0 Å². The molecule has 0 bridgehead atoms. The average molecular weight is 696 g/mol. The maximum Gasteiger partial charge on any atom is 0.301 e. The van der Waals surface area contributed by atoms with Crippen LogP contribution in [0.5, 0.6) is 17.2 Å². The molecule has 1 saturated heterocycles. The molecule has 1 atom stereocenters. The van der Waals surface area contributed by atoms with Crippen molar-refractivity contribution >= 4 is 56.5 Å². The first-order valence-electron chi connectivity index (χ1n) is 16.3. The summed E-state index contributed by atoms with van der Waals surface area (Å²) in [6.07, 6.45) is 1.86. The number of Topliss-reactive ketones (excluding diaryl/α,β-unsaturated/α-hetero) is 1. The van der Waals surface area contributed by atoms with Gasteiger partial charge in [0.15, 0.2) is 15.8 Å². The lowest BCUT2D eigenvalue weighted by molar-refractivity contribution is -0.132. The summed E-state index contributed by atoms with van der Waals surface area (Å²) in [6, 6.07) is 25.5. The number of anilines is 1. The van der Waals surface area contributed by atoms with Gasteiger partial charge >= 0.3 is 5.91 Å². The van der Waals surface area contributed by atoms with Gasteiger partial charge in [0.25, 0.3) is 5.78 Å². The number of hydrogen-bond donors (Lipinski definition) is 1. The van der Waals surface area contributed by atoms with Crippen LogP contribution in [0.2, 0.25) is 0 Å². The van der Waals surface area contributed by atoms with Gasteiger partial charge in [-0.15, -0.1) is 10.2 Å². The minimum atomic E-state index is -1.00. The third-order valence-corrected chi connectivity index (χ3v) is 10.2. The van der Waals surface area contributed by atoms with E-state index in [1.165, 1.54) is 28.0 Å². The number of benzene rings is 4. The molecular weight excluding hydrogens is 659 g/mol. The average Bonchev–Trinajstić information content (AvgIpc) is 3.69. The third-order valence-electron chi connectivity index (χ3n) is 8.05. The van der Waals surface area contributed by atoms with Crippen molar-refractivity contribution < 1.29 is 28.9 Å². The first-order valence-corrected chi connectivity index (χ1v) is 18.1. The molecule has 1 aliphatic heterocycles. The molecule has 1 N–H and O–H groups in total. The van der Waals surface area contributed by atoms with E-state index in [1.807, 2.05) is 32.0 Å². The Balaban J connectivity index is 1.39. The van der Waals surface area contributed by atoms with Crippen LogP contribution in [-0.2, 0) is 15.3 Å². The first kappa shape index (κ1) is 34.0. The first-order chi connectivity index (χ1) is 23.9. The Labute approximate surface area is 293 Å². The van der Waals surface area contributed by atoms with Crippen LogP contribution in [0.25, 0.3) is 16.5 Å². The number of fused-ring (bicyclic) bond motifs is 1. The SMILES string of the molecule is CCCCOc1ccc(C2/C(=C(\O)c3ccc(OCC)cc3)C(=O)C(=O)N2c2nnc(SCc3cccc4ccccc34)s2)cc1OCC. The lowest BCUT2D eigenvalue weighted by Crippen LogP contribution is -2.29. The van der Waals surface area contributed by atoms with E-state index in [2.05, 4.69) is 41.4 Å². The number of ketones is 1. The topological polar surface area (TPSA) is 111 Å². The molecule has 0 aliphatic carbocycles. The molecule has 1 aromatic heterocycles. The predicted octanol–water partition coefficient (Wildman–Crippen LogP) is 8.59. The Morgan fingerprint density at radius 1 is 0.878 bits per heavy atom. The van der Waals surface area contributed by atoms with E-state index in [9.17, 15) is 14.7 Å². The summed E-state index contributed by atoms with van der Waals surface area (Å²) in [6.45, 7) is 7.24. The van der Waals surface area contributed by atoms with Gasteiger partial charge in [0.2, 0.25) is 5.13 Å². The van der Waals surface area contributed by atoms with Gasteiger partial charge in [-0.2, -0.15) is 0 Å². The van der Waals surface area contributed by atoms with Crippen molar-refractivity contribution in [2.75, 3.05) is 24.7 Å². The molecule has 4 aromatic carbocycles. The fourth-order valence-corrected chi connectivity index (χ4v) is 7.57. The standard InChI is InChI=1S/C38H37N3O6S2/c1-4-7-21-47-30-20-17-26(22-31(30)46-6-3)33-32(34(42)25-15-18-28(19-16-25)45-5-2)35(43)36(44)41(33)37-39-40-38(49-37)48-23-27-13-10-12-24-11-8-9-14-29(24)27/h8-20,22,33,42H,4-7,21,23H2,1-3H3/b34-32+. The second kappa shape index (κ2) is 15.6. The normalized spacial score (nSPS) is 15.6. The number of aromatic nitrogens is 2. The van der Waals surface area contributed by atoms with E-state index in [0.717, 1.165) is 29.2 Å². The summed E-state index contributed by atoms with van der Waals surface area (Å²) < 4.78 is 18.2. The zero-order valence-electron chi connectivity index (χ0n) is 27.5. The van der Waals surface area contributed by atoms with Crippen LogP contribution >= 0.6 is 23.1 Å². The fraction of sp³-hybridized carbons (Fsp3) is 0.263. The number of rotatable bonds is 14. The lowest BCUT2D eigenvalue weighted by Gasteiger charge is -2.23. The van der Waals surface area contributed by atoms with Gasteiger partial charge in [-0.05, 0) is 78.6 Å². The second-order valence-electron chi connectivity index (χ2n) is 11.2. The van der Waals surface area contributed by atoms with Crippen molar-refractivity contribution in [1.82, 2.24) is 10.2 Å². The number of aliphatic hydroxyl groups excluding tert-OH is 1. The van der Waals surface area contributed by atoms with E-state index in [0.29, 0.717) is 58.3 Å². The molecule has 1 fully saturated rings. The summed E-state index contributed by atoms with van der Waals surface area (Å²) in [5.41, 5.74) is 2.02. The zero-order chi connectivity index (χ0) is 34.3. The minimum Gasteiger partial charge on any atom is -0.507 e. The van der Waals surface area contributed by atoms with Crippen LogP contribution in [0.15, 0.2) is 94.8 Å². The van der Waals surface area contributed by atoms with Gasteiger partial charge in [0.05, 0.1) is 31.4 Å². The van der Waals surface area contributed by atoms with E-state index < -0.39 is 17.7 Å². The molecule has 1 aliphatic rings. The molecule has 11 heteroatoms. The van der Waals surface area contributed by atoms with Gasteiger partial charge in [0.1, 0.15) is 11.5 Å². The molecule has 0 saturated carbocycles. The smallest absolute Gasteiger partial charge is 0.301 e. The van der Waals surface area contributed by atoms with Gasteiger partial charge in [0, 0.05) is 11.3 Å². The number of nitrogens with zero attached hydrogens (tertiary/aromatic N) is 3. The van der Waals surface area contributed by atoms with Crippen LogP contribution < -0.4 is 19.1 Å². The molecule has 0 spiro atoms. The summed E-state index contributed by atoms with van der Waals surface area (Å²) in [4.78, 5) is 29.0. The number of thioether (sulfide) groups is 1. The van der Waals surface area contributed by atoms with Crippen LogP contribution in [0.3, 0.4) is 0 Å². The third kappa shape index (κ3) is 7.28. The quantitative estimate of drug-likeness (QED) is 0.0305. The number of carbonyl (C=O) groups is 2. The van der Waals surface area contributed by atoms with E-state index >= 15 is 0 Å². The van der Waals surface area contributed by atoms with Crippen LogP contribution in [0, 0.1) is 0 Å². The number of ether oxygens (including phenoxy) is 3. The predicted molar refractivity (Wildman–Crippen MR) is 194 cm³/mol. The van der Waals surface area contributed by atoms with Crippen LogP contribution in [0.4, 0.5) is 5.13 Å². The lowest BCUT2D eigenvalue weighted by atomic mass is 9.95. The van der Waals surface area contributed by atoms with Crippen molar-refractivity contribution in [2.45, 2.75) is 49.7 Å². The Morgan fingerprint density at radius 3 is 2.43 bits per heavy atom. The number of carbonyl (C=O) groups excluding carboxylic acids is 2. The highest BCUT2D eigenvalue weighted by molar-refractivity contribution is 8.00. The van der Waals surface area contributed by atoms with E-state index in [1.54, 1.807) is 42.5 Å². The van der Waals surface area contributed by atoms with Crippen molar-refractivity contribution in [3.63, 3.8) is 0 Å². The number of aliphatic hydroxyl groups is 1. The molecular formula is C38H37N3O6S2. The fourth-order valence-electron chi connectivity index (χ4n) is 5.70. The molecule has 1 unspecified atom stereocenters. The molecule has 2 heterocycles. The second-order valence-corrected chi connectivity index (χ2v) is 13.4. The highest BCUT2D eigenvalue weighted by Crippen LogP contribution is 2.46. The van der Waals surface area contributed by atoms with Gasteiger partial charge < -0.3 is 19.3 Å². The maximum atomic E-state index is 13.8. The molecule has 49 heavy (non-hydrogen) atoms. The molecule has 252 valence electrons. The number of hydrogen-bond acceptors (Lipinski definition) is 10. The molecule has 6 rings (SSSR count). The molecule has 0 radical (unpaired) electrons. The van der Waals surface area contributed by atoms with E-state index in [4.69, 9.17) is 14.2 Å². The van der Waals surface area contributed by atoms with Crippen LogP contribution in [0.1, 0.15) is 56.3 Å². The van der Waals surface area contributed by atoms with Crippen LogP contribution in [-0.4, -0.2) is 46.8 Å². The summed E-state index contributed by atoms with van der Waals surface area (Å²) in [5.74, 6) is 0.381. The van der Waals surface area contributed by atoms with Crippen molar-refractivity contribution in [3.05, 3.63) is 107 Å². The van der Waals surface area contributed by atoms with E-state index in [-0.39, 0.29) is 16.5 Å². The molecule has 9 nitrogen and oxygen atoms in total. The number of unbranched alkanes of at least 4 members (excludes halogenated alkanes) is 1. The van der Waals surface area contributed by atoms with Gasteiger partial charge in [-0.1, -0.05) is 85.0 Å². The van der Waals surface area contributed by atoms with Gasteiger partial charge in [-0.25, -0.2) is 0 Å². The Kier molecular flexibility index (Phi) is 10.8. The monoisotopic (exact) mass is 695 g/mol. The maximum absolute atomic E-state index is 13.8. The van der Waals surface area contributed by atoms with Crippen molar-refractivity contribution in [3.8, 4) is 17.2 Å². The highest BCUT2D eigenvalue weighted by Gasteiger charge is 2.48. The summed E-state index contributed by atoms with van der Waals surface area (Å²) in [7, 11) is 0. The number of amides is 1. The zero-order valence-corrected chi connectivity index (χ0v) is 29.2. The van der Waals surface area contributed by atoms with Gasteiger partial charge in [-0.3, -0.25) is 14.5 Å². The Bertz CT molecular complexity index is 1990. The largest absolute Gasteiger partial charge is 0.507 e. The Hall–Kier alpha value is -4.87. The molecule has 5 aromatic rings. The Morgan fingerprint density at radius 2 is 1.65 bits per heavy atom. The molecule has 1 amide bonds. The summed E-state index contributed by atoms with van der Waals surface area (Å²) >= 11 is 2.73. The minimum absolute atomic E-state index is 0.0589.